The fourth-order valence-corrected chi connectivity index (χ4v) is 3.49. The first-order chi connectivity index (χ1) is 14.4. The van der Waals surface area contributed by atoms with E-state index in [0.717, 1.165) is 16.3 Å². The highest BCUT2D eigenvalue weighted by Crippen LogP contribution is 2.30. The molecule has 12 heteroatoms. The molecule has 7 nitrogen and oxygen atoms in total. The number of pyridine rings is 1. The summed E-state index contributed by atoms with van der Waals surface area (Å²) < 4.78 is 45.6. The van der Waals surface area contributed by atoms with Crippen LogP contribution >= 0.6 is 23.4 Å². The van der Waals surface area contributed by atoms with Crippen molar-refractivity contribution in [1.29, 1.82) is 0 Å². The van der Waals surface area contributed by atoms with Gasteiger partial charge in [0.05, 0.1) is 5.75 Å². The Bertz CT molecular complexity index is 1130. The number of rotatable bonds is 6. The van der Waals surface area contributed by atoms with Crippen molar-refractivity contribution in [3.63, 3.8) is 0 Å². The van der Waals surface area contributed by atoms with Crippen LogP contribution in [0.5, 0.6) is 0 Å². The number of halogens is 4. The molecule has 3 heterocycles. The van der Waals surface area contributed by atoms with Gasteiger partial charge < -0.3 is 4.52 Å². The van der Waals surface area contributed by atoms with Crippen molar-refractivity contribution in [3.05, 3.63) is 59.6 Å². The standard InChI is InChI=1S/C18H12ClF3N6OS/c19-13-3-1-12(2-4-13)16-24-14(27-29-16)9-30-17-26-25-15(11-5-7-23-8-6-11)28(17)10-18(20,21)22/h1-8H,9-10H2. The first kappa shape index (κ1) is 20.4. The average molecular weight is 453 g/mol. The van der Waals surface area contributed by atoms with Crippen LogP contribution in [-0.2, 0) is 12.3 Å². The van der Waals surface area contributed by atoms with E-state index >= 15 is 0 Å². The van der Waals surface area contributed by atoms with Gasteiger partial charge in [-0.2, -0.15) is 18.2 Å². The quantitative estimate of drug-likeness (QED) is 0.385. The van der Waals surface area contributed by atoms with Gasteiger partial charge in [0.25, 0.3) is 5.89 Å². The Morgan fingerprint density at radius 2 is 1.73 bits per heavy atom. The molecule has 0 aliphatic rings. The van der Waals surface area contributed by atoms with Gasteiger partial charge in [-0.1, -0.05) is 28.5 Å². The maximum Gasteiger partial charge on any atom is 0.406 e. The first-order valence-electron chi connectivity index (χ1n) is 8.51. The van der Waals surface area contributed by atoms with E-state index in [4.69, 9.17) is 16.1 Å². The second-order valence-electron chi connectivity index (χ2n) is 6.05. The molecule has 30 heavy (non-hydrogen) atoms. The third-order valence-corrected chi connectivity index (χ3v) is 5.10. The van der Waals surface area contributed by atoms with Crippen LogP contribution < -0.4 is 0 Å². The number of alkyl halides is 3. The van der Waals surface area contributed by atoms with E-state index in [1.165, 1.54) is 12.4 Å². The van der Waals surface area contributed by atoms with Crippen LogP contribution in [0.2, 0.25) is 5.02 Å². The number of thioether (sulfide) groups is 1. The molecule has 0 saturated heterocycles. The predicted octanol–water partition coefficient (Wildman–Crippen LogP) is 4.90. The SMILES string of the molecule is FC(F)(F)Cn1c(SCc2noc(-c3ccc(Cl)cc3)n2)nnc1-c1ccncc1. The maximum absolute atomic E-state index is 13.1. The molecule has 0 saturated carbocycles. The Hall–Kier alpha value is -2.92. The lowest BCUT2D eigenvalue weighted by atomic mass is 10.2. The zero-order valence-corrected chi connectivity index (χ0v) is 16.6. The molecule has 0 N–H and O–H groups in total. The van der Waals surface area contributed by atoms with E-state index in [2.05, 4.69) is 25.3 Å². The molecule has 1 aromatic carbocycles. The third kappa shape index (κ3) is 4.79. The minimum atomic E-state index is -4.44. The van der Waals surface area contributed by atoms with Crippen LogP contribution in [0.3, 0.4) is 0 Å². The zero-order valence-electron chi connectivity index (χ0n) is 15.0. The van der Waals surface area contributed by atoms with Gasteiger partial charge in [-0.25, -0.2) is 0 Å². The second-order valence-corrected chi connectivity index (χ2v) is 7.43. The molecule has 0 atom stereocenters. The van der Waals surface area contributed by atoms with Crippen molar-refractivity contribution >= 4 is 23.4 Å². The molecule has 154 valence electrons. The van der Waals surface area contributed by atoms with E-state index in [1.807, 2.05) is 0 Å². The highest BCUT2D eigenvalue weighted by atomic mass is 35.5. The average Bonchev–Trinajstić information content (AvgIpc) is 3.34. The van der Waals surface area contributed by atoms with Crippen molar-refractivity contribution < 1.29 is 17.7 Å². The topological polar surface area (TPSA) is 82.5 Å². The first-order valence-corrected chi connectivity index (χ1v) is 9.87. The number of hydrogen-bond donors (Lipinski definition) is 0. The molecule has 4 aromatic rings. The van der Waals surface area contributed by atoms with Crippen LogP contribution in [0.4, 0.5) is 13.2 Å². The van der Waals surface area contributed by atoms with Crippen molar-refractivity contribution in [1.82, 2.24) is 29.9 Å². The lowest BCUT2D eigenvalue weighted by Crippen LogP contribution is -2.19. The van der Waals surface area contributed by atoms with E-state index < -0.39 is 12.7 Å². The summed E-state index contributed by atoms with van der Waals surface area (Å²) in [6.45, 7) is -1.22. The Labute approximate surface area is 177 Å². The molecule has 0 bridgehead atoms. The summed E-state index contributed by atoms with van der Waals surface area (Å²) in [4.78, 5) is 8.14. The molecule has 0 radical (unpaired) electrons. The molecule has 0 spiro atoms. The predicted molar refractivity (Wildman–Crippen MR) is 104 cm³/mol. The fourth-order valence-electron chi connectivity index (χ4n) is 2.58. The Morgan fingerprint density at radius 3 is 2.43 bits per heavy atom. The Kier molecular flexibility index (Phi) is 5.73. The highest BCUT2D eigenvalue weighted by molar-refractivity contribution is 7.98. The summed E-state index contributed by atoms with van der Waals surface area (Å²) in [6.07, 6.45) is -1.48. The number of aromatic nitrogens is 6. The fraction of sp³-hybridized carbons (Fsp3) is 0.167. The van der Waals surface area contributed by atoms with Crippen LogP contribution in [-0.4, -0.2) is 36.1 Å². The number of benzene rings is 1. The summed E-state index contributed by atoms with van der Waals surface area (Å²) in [7, 11) is 0. The summed E-state index contributed by atoms with van der Waals surface area (Å²) in [5.74, 6) is 0.865. The summed E-state index contributed by atoms with van der Waals surface area (Å²) in [5.41, 5.74) is 1.17. The molecular weight excluding hydrogens is 441 g/mol. The van der Waals surface area contributed by atoms with Crippen molar-refractivity contribution in [2.45, 2.75) is 23.6 Å². The van der Waals surface area contributed by atoms with Crippen LogP contribution in [0.1, 0.15) is 5.82 Å². The molecule has 3 aromatic heterocycles. The molecule has 0 amide bonds. The lowest BCUT2D eigenvalue weighted by molar-refractivity contribution is -0.141. The number of hydrogen-bond acceptors (Lipinski definition) is 7. The van der Waals surface area contributed by atoms with Gasteiger partial charge >= 0.3 is 6.18 Å². The van der Waals surface area contributed by atoms with Crippen molar-refractivity contribution in [2.24, 2.45) is 0 Å². The van der Waals surface area contributed by atoms with Crippen LogP contribution in [0.15, 0.2) is 58.5 Å². The largest absolute Gasteiger partial charge is 0.406 e. The van der Waals surface area contributed by atoms with Crippen LogP contribution in [0.25, 0.3) is 22.8 Å². The van der Waals surface area contributed by atoms with Crippen molar-refractivity contribution in [2.75, 3.05) is 0 Å². The van der Waals surface area contributed by atoms with Gasteiger partial charge in [-0.05, 0) is 36.4 Å². The lowest BCUT2D eigenvalue weighted by Gasteiger charge is -2.12. The highest BCUT2D eigenvalue weighted by Gasteiger charge is 2.31. The molecule has 0 fully saturated rings. The third-order valence-electron chi connectivity index (χ3n) is 3.88. The molecule has 0 aliphatic carbocycles. The normalized spacial score (nSPS) is 11.7. The van der Waals surface area contributed by atoms with Gasteiger partial charge in [0.2, 0.25) is 0 Å². The minimum Gasteiger partial charge on any atom is -0.334 e. The maximum atomic E-state index is 13.1. The van der Waals surface area contributed by atoms with E-state index in [1.54, 1.807) is 36.4 Å². The molecule has 4 rings (SSSR count). The zero-order chi connectivity index (χ0) is 21.1. The summed E-state index contributed by atoms with van der Waals surface area (Å²) in [5, 5.41) is 12.4. The monoisotopic (exact) mass is 452 g/mol. The van der Waals surface area contributed by atoms with Crippen LogP contribution in [0, 0.1) is 0 Å². The summed E-state index contributed by atoms with van der Waals surface area (Å²) >= 11 is 6.89. The van der Waals surface area contributed by atoms with Gasteiger partial charge in [-0.3, -0.25) is 9.55 Å². The van der Waals surface area contributed by atoms with E-state index in [0.29, 0.717) is 22.0 Å². The van der Waals surface area contributed by atoms with Gasteiger partial charge in [0.15, 0.2) is 16.8 Å². The molecule has 0 unspecified atom stereocenters. The molecular formula is C18H12ClF3N6OS. The number of nitrogens with zero attached hydrogens (tertiary/aromatic N) is 6. The Balaban J connectivity index is 1.55. The van der Waals surface area contributed by atoms with E-state index in [9.17, 15) is 13.2 Å². The Morgan fingerprint density at radius 1 is 1.00 bits per heavy atom. The van der Waals surface area contributed by atoms with Gasteiger partial charge in [-0.15, -0.1) is 10.2 Å². The van der Waals surface area contributed by atoms with Gasteiger partial charge in [0.1, 0.15) is 6.54 Å². The summed E-state index contributed by atoms with van der Waals surface area (Å²) in [6, 6.07) is 9.98. The second kappa shape index (κ2) is 8.44. The minimum absolute atomic E-state index is 0.0944. The molecule has 0 aliphatic heterocycles. The van der Waals surface area contributed by atoms with E-state index in [-0.39, 0.29) is 22.6 Å². The smallest absolute Gasteiger partial charge is 0.334 e. The van der Waals surface area contributed by atoms with Crippen molar-refractivity contribution in [3.8, 4) is 22.8 Å². The van der Waals surface area contributed by atoms with Gasteiger partial charge in [0, 0.05) is 28.5 Å².